The highest BCUT2D eigenvalue weighted by molar-refractivity contribution is 7.99. The summed E-state index contributed by atoms with van der Waals surface area (Å²) in [5, 5.41) is 0. The van der Waals surface area contributed by atoms with Crippen molar-refractivity contribution in [2.75, 3.05) is 24.6 Å². The number of fused-ring (bicyclic) bond motifs is 1. The molecule has 0 aromatic heterocycles. The van der Waals surface area contributed by atoms with Gasteiger partial charge in [-0.3, -0.25) is 4.90 Å². The standard InChI is InChI=1S/C28H47NS2/c1-26(2,17-9-10-20-31-21-27(3,4)28(5,6)30)23-15-18-29(19-16-23)25-14-13-22-11-7-8-12-24(22)25/h7-8,11-12,23,25,30H,9-10,13-21H2,1-6H3. The molecule has 1 aromatic carbocycles. The zero-order valence-corrected chi connectivity index (χ0v) is 22.8. The van der Waals surface area contributed by atoms with Crippen LogP contribution in [0.15, 0.2) is 24.3 Å². The largest absolute Gasteiger partial charge is 0.296 e. The summed E-state index contributed by atoms with van der Waals surface area (Å²) in [7, 11) is 0. The van der Waals surface area contributed by atoms with Crippen LogP contribution in [0.5, 0.6) is 0 Å². The van der Waals surface area contributed by atoms with E-state index in [2.05, 4.69) is 82.5 Å². The molecule has 1 heterocycles. The van der Waals surface area contributed by atoms with Gasteiger partial charge in [0, 0.05) is 10.8 Å². The zero-order chi connectivity index (χ0) is 22.7. The van der Waals surface area contributed by atoms with Gasteiger partial charge < -0.3 is 0 Å². The fourth-order valence-electron chi connectivity index (χ4n) is 5.40. The van der Waals surface area contributed by atoms with Crippen molar-refractivity contribution in [3.63, 3.8) is 0 Å². The van der Waals surface area contributed by atoms with Crippen molar-refractivity contribution >= 4 is 24.4 Å². The number of piperidine rings is 1. The van der Waals surface area contributed by atoms with Crippen LogP contribution in [0.4, 0.5) is 0 Å². The fraction of sp³-hybridized carbons (Fsp3) is 0.786. The predicted molar refractivity (Wildman–Crippen MR) is 144 cm³/mol. The molecule has 0 saturated carbocycles. The van der Waals surface area contributed by atoms with Crippen LogP contribution >= 0.6 is 24.4 Å². The topological polar surface area (TPSA) is 3.24 Å². The van der Waals surface area contributed by atoms with Crippen LogP contribution in [-0.2, 0) is 6.42 Å². The molecule has 31 heavy (non-hydrogen) atoms. The molecule has 0 amide bonds. The summed E-state index contributed by atoms with van der Waals surface area (Å²) >= 11 is 6.93. The van der Waals surface area contributed by atoms with Gasteiger partial charge in [0.05, 0.1) is 0 Å². The highest BCUT2D eigenvalue weighted by Crippen LogP contribution is 2.43. The molecule has 1 saturated heterocycles. The second kappa shape index (κ2) is 10.4. The van der Waals surface area contributed by atoms with Crippen LogP contribution in [0.2, 0.25) is 0 Å². The lowest BCUT2D eigenvalue weighted by molar-refractivity contribution is 0.0681. The van der Waals surface area contributed by atoms with Gasteiger partial charge in [0.2, 0.25) is 0 Å². The van der Waals surface area contributed by atoms with E-state index in [0.717, 1.165) is 5.92 Å². The van der Waals surface area contributed by atoms with E-state index in [1.165, 1.54) is 69.5 Å². The lowest BCUT2D eigenvalue weighted by atomic mass is 9.70. The molecule has 3 heteroatoms. The van der Waals surface area contributed by atoms with E-state index in [1.807, 2.05) is 0 Å². The number of hydrogen-bond acceptors (Lipinski definition) is 3. The van der Waals surface area contributed by atoms with Gasteiger partial charge in [-0.1, -0.05) is 72.2 Å². The lowest BCUT2D eigenvalue weighted by Gasteiger charge is -2.43. The maximum absolute atomic E-state index is 4.81. The van der Waals surface area contributed by atoms with Crippen LogP contribution in [0.3, 0.4) is 0 Å². The summed E-state index contributed by atoms with van der Waals surface area (Å²) in [5.74, 6) is 3.38. The molecule has 2 aliphatic rings. The Morgan fingerprint density at radius 1 is 0.968 bits per heavy atom. The van der Waals surface area contributed by atoms with Gasteiger partial charge in [0.15, 0.2) is 0 Å². The number of thioether (sulfide) groups is 1. The highest BCUT2D eigenvalue weighted by atomic mass is 32.2. The summed E-state index contributed by atoms with van der Waals surface area (Å²) < 4.78 is 0.0808. The van der Waals surface area contributed by atoms with E-state index in [1.54, 1.807) is 11.1 Å². The summed E-state index contributed by atoms with van der Waals surface area (Å²) in [6, 6.07) is 9.83. The Hall–Kier alpha value is -0.120. The number of benzene rings is 1. The average molecular weight is 462 g/mol. The molecule has 0 N–H and O–H groups in total. The first-order valence-electron chi connectivity index (χ1n) is 12.6. The second-order valence-electron chi connectivity index (χ2n) is 12.0. The van der Waals surface area contributed by atoms with Crippen LogP contribution in [-0.4, -0.2) is 34.2 Å². The third-order valence-corrected chi connectivity index (χ3v) is 10.8. The SMILES string of the molecule is CC(C)(CCCCSCC(C)(C)C(C)(C)S)C1CCN(C2CCc3ccccc32)CC1. The summed E-state index contributed by atoms with van der Waals surface area (Å²) in [6.45, 7) is 16.9. The van der Waals surface area contributed by atoms with Crippen molar-refractivity contribution in [1.82, 2.24) is 4.90 Å². The maximum atomic E-state index is 4.81. The van der Waals surface area contributed by atoms with Crippen molar-refractivity contribution in [2.45, 2.75) is 97.3 Å². The van der Waals surface area contributed by atoms with E-state index in [0.29, 0.717) is 11.5 Å². The Bertz CT molecular complexity index is 695. The van der Waals surface area contributed by atoms with Crippen molar-refractivity contribution in [2.24, 2.45) is 16.7 Å². The number of thiol groups is 1. The van der Waals surface area contributed by atoms with Crippen LogP contribution in [0, 0.1) is 16.7 Å². The molecule has 1 aliphatic carbocycles. The fourth-order valence-corrected chi connectivity index (χ4v) is 7.01. The lowest BCUT2D eigenvalue weighted by Crippen LogP contribution is -2.40. The van der Waals surface area contributed by atoms with Crippen molar-refractivity contribution in [3.05, 3.63) is 35.4 Å². The first kappa shape index (κ1) is 25.5. The molecule has 1 nitrogen and oxygen atoms in total. The first-order valence-corrected chi connectivity index (χ1v) is 14.2. The van der Waals surface area contributed by atoms with E-state index < -0.39 is 0 Å². The van der Waals surface area contributed by atoms with Gasteiger partial charge in [-0.25, -0.2) is 0 Å². The summed E-state index contributed by atoms with van der Waals surface area (Å²) in [6.07, 6.45) is 9.47. The Balaban J connectivity index is 1.36. The van der Waals surface area contributed by atoms with Gasteiger partial charge in [0.25, 0.3) is 0 Å². The smallest absolute Gasteiger partial charge is 0.0354 e. The van der Waals surface area contributed by atoms with Crippen molar-refractivity contribution in [1.29, 1.82) is 0 Å². The zero-order valence-electron chi connectivity index (χ0n) is 21.0. The summed E-state index contributed by atoms with van der Waals surface area (Å²) in [4.78, 5) is 2.79. The normalized spacial score (nSPS) is 21.5. The van der Waals surface area contributed by atoms with Gasteiger partial charge in [0.1, 0.15) is 0 Å². The Morgan fingerprint density at radius 2 is 1.65 bits per heavy atom. The molecule has 3 rings (SSSR count). The number of nitrogens with zero attached hydrogens (tertiary/aromatic N) is 1. The first-order chi connectivity index (χ1) is 14.5. The number of aryl methyl sites for hydroxylation is 1. The Morgan fingerprint density at radius 3 is 2.32 bits per heavy atom. The van der Waals surface area contributed by atoms with E-state index in [-0.39, 0.29) is 10.2 Å². The molecular weight excluding hydrogens is 414 g/mol. The number of likely N-dealkylation sites (tertiary alicyclic amines) is 1. The molecule has 0 spiro atoms. The summed E-state index contributed by atoms with van der Waals surface area (Å²) in [5.41, 5.74) is 3.96. The molecule has 1 aliphatic heterocycles. The highest BCUT2D eigenvalue weighted by Gasteiger charge is 2.36. The minimum Gasteiger partial charge on any atom is -0.296 e. The van der Waals surface area contributed by atoms with Crippen LogP contribution in [0.1, 0.15) is 97.2 Å². The Labute approximate surface area is 202 Å². The van der Waals surface area contributed by atoms with E-state index in [9.17, 15) is 0 Å². The molecule has 0 bridgehead atoms. The minimum atomic E-state index is 0.0808. The monoisotopic (exact) mass is 461 g/mol. The average Bonchev–Trinajstić information content (AvgIpc) is 3.14. The third kappa shape index (κ3) is 6.48. The molecular formula is C28H47NS2. The van der Waals surface area contributed by atoms with E-state index >= 15 is 0 Å². The number of unbranched alkanes of at least 4 members (excludes halogenated alkanes) is 1. The van der Waals surface area contributed by atoms with Gasteiger partial charge in [-0.15, -0.1) is 0 Å². The second-order valence-corrected chi connectivity index (χ2v) is 14.2. The number of hydrogen-bond donors (Lipinski definition) is 1. The Kier molecular flexibility index (Phi) is 8.58. The van der Waals surface area contributed by atoms with Crippen LogP contribution in [0.25, 0.3) is 0 Å². The quantitative estimate of drug-likeness (QED) is 0.277. The molecule has 1 atom stereocenters. The minimum absolute atomic E-state index is 0.0808. The maximum Gasteiger partial charge on any atom is 0.0354 e. The molecule has 1 unspecified atom stereocenters. The predicted octanol–water partition coefficient (Wildman–Crippen LogP) is 8.05. The molecule has 0 radical (unpaired) electrons. The van der Waals surface area contributed by atoms with Crippen molar-refractivity contribution < 1.29 is 0 Å². The van der Waals surface area contributed by atoms with E-state index in [4.69, 9.17) is 12.6 Å². The third-order valence-electron chi connectivity index (χ3n) is 8.66. The van der Waals surface area contributed by atoms with Gasteiger partial charge >= 0.3 is 0 Å². The molecule has 176 valence electrons. The molecule has 1 fully saturated rings. The van der Waals surface area contributed by atoms with Gasteiger partial charge in [-0.05, 0) is 91.0 Å². The van der Waals surface area contributed by atoms with Crippen LogP contribution < -0.4 is 0 Å². The number of rotatable bonds is 10. The molecule has 1 aromatic rings. The van der Waals surface area contributed by atoms with Crippen molar-refractivity contribution in [3.8, 4) is 0 Å². The van der Waals surface area contributed by atoms with Gasteiger partial charge in [-0.2, -0.15) is 24.4 Å².